The second-order valence-corrected chi connectivity index (χ2v) is 9.40. The zero-order valence-corrected chi connectivity index (χ0v) is 18.5. The van der Waals surface area contributed by atoms with Crippen LogP contribution in [0.3, 0.4) is 0 Å². The summed E-state index contributed by atoms with van der Waals surface area (Å²) < 4.78 is 11.7. The Morgan fingerprint density at radius 1 is 1.20 bits per heavy atom. The Labute approximate surface area is 178 Å². The smallest absolute Gasteiger partial charge is 0.410 e. The molecule has 3 aliphatic rings. The lowest BCUT2D eigenvalue weighted by Gasteiger charge is -2.37. The molecule has 166 valence electrons. The lowest BCUT2D eigenvalue weighted by atomic mass is 10.0. The van der Waals surface area contributed by atoms with E-state index in [1.54, 1.807) is 4.90 Å². The largest absolute Gasteiger partial charge is 0.462 e. The van der Waals surface area contributed by atoms with Crippen LogP contribution >= 0.6 is 0 Å². The summed E-state index contributed by atoms with van der Waals surface area (Å²) in [7, 11) is 2.13. The Bertz CT molecular complexity index is 781. The Kier molecular flexibility index (Phi) is 6.13. The SMILES string of the molecule is CN1CCC[C@H]1COc1nc2c(c(C3CNCCN3C(=O)OC(C)(C)C)n1)CNC2. The topological polar surface area (TPSA) is 91.9 Å². The molecule has 2 atom stereocenters. The van der Waals surface area contributed by atoms with E-state index >= 15 is 0 Å². The van der Waals surface area contributed by atoms with Crippen molar-refractivity contribution in [3.05, 3.63) is 17.0 Å². The number of hydrogen-bond acceptors (Lipinski definition) is 8. The molecule has 9 nitrogen and oxygen atoms in total. The monoisotopic (exact) mass is 418 g/mol. The summed E-state index contributed by atoms with van der Waals surface area (Å²) in [5.74, 6) is 0. The third kappa shape index (κ3) is 4.68. The fraction of sp³-hybridized carbons (Fsp3) is 0.762. The lowest BCUT2D eigenvalue weighted by molar-refractivity contribution is 0.0111. The first kappa shape index (κ1) is 21.3. The maximum absolute atomic E-state index is 12.9. The number of nitrogens with one attached hydrogen (secondary N) is 2. The van der Waals surface area contributed by atoms with Crippen molar-refractivity contribution in [3.8, 4) is 6.01 Å². The van der Waals surface area contributed by atoms with Gasteiger partial charge in [0.05, 0.1) is 17.4 Å². The van der Waals surface area contributed by atoms with Crippen LogP contribution in [-0.2, 0) is 17.8 Å². The van der Waals surface area contributed by atoms with Crippen LogP contribution in [0.5, 0.6) is 6.01 Å². The first-order chi connectivity index (χ1) is 14.3. The lowest BCUT2D eigenvalue weighted by Crippen LogP contribution is -2.50. The molecule has 9 heteroatoms. The summed E-state index contributed by atoms with van der Waals surface area (Å²) in [6, 6.07) is 0.599. The van der Waals surface area contributed by atoms with Crippen LogP contribution < -0.4 is 15.4 Å². The van der Waals surface area contributed by atoms with E-state index in [2.05, 4.69) is 27.6 Å². The minimum Gasteiger partial charge on any atom is -0.462 e. The number of amides is 1. The number of rotatable bonds is 4. The van der Waals surface area contributed by atoms with Gasteiger partial charge in [-0.05, 0) is 47.2 Å². The van der Waals surface area contributed by atoms with Crippen molar-refractivity contribution in [2.45, 2.75) is 64.4 Å². The number of fused-ring (bicyclic) bond motifs is 1. The number of carbonyl (C=O) groups is 1. The van der Waals surface area contributed by atoms with Crippen LogP contribution in [0.4, 0.5) is 4.79 Å². The third-order valence-corrected chi connectivity index (χ3v) is 5.96. The van der Waals surface area contributed by atoms with Crippen LogP contribution in [0.2, 0.25) is 0 Å². The third-order valence-electron chi connectivity index (χ3n) is 5.96. The number of piperazine rings is 1. The highest BCUT2D eigenvalue weighted by atomic mass is 16.6. The zero-order valence-electron chi connectivity index (χ0n) is 18.5. The summed E-state index contributed by atoms with van der Waals surface area (Å²) in [6.45, 7) is 10.7. The second-order valence-electron chi connectivity index (χ2n) is 9.40. The van der Waals surface area contributed by atoms with Gasteiger partial charge in [0.2, 0.25) is 0 Å². The van der Waals surface area contributed by atoms with Gasteiger partial charge < -0.3 is 25.0 Å². The fourth-order valence-corrected chi connectivity index (χ4v) is 4.36. The molecule has 3 aliphatic heterocycles. The van der Waals surface area contributed by atoms with Crippen LogP contribution in [-0.4, -0.2) is 77.3 Å². The van der Waals surface area contributed by atoms with E-state index in [-0.39, 0.29) is 12.1 Å². The average Bonchev–Trinajstić information content (AvgIpc) is 3.33. The molecule has 30 heavy (non-hydrogen) atoms. The van der Waals surface area contributed by atoms with Gasteiger partial charge in [0.15, 0.2) is 0 Å². The van der Waals surface area contributed by atoms with Crippen LogP contribution in [0.25, 0.3) is 0 Å². The molecule has 4 heterocycles. The number of carbonyl (C=O) groups excluding carboxylic acids is 1. The molecule has 2 fully saturated rings. The second kappa shape index (κ2) is 8.64. The highest BCUT2D eigenvalue weighted by Gasteiger charge is 2.35. The van der Waals surface area contributed by atoms with E-state index in [0.29, 0.717) is 44.8 Å². The number of likely N-dealkylation sites (N-methyl/N-ethyl adjacent to an activating group) is 1. The molecule has 1 unspecified atom stereocenters. The maximum atomic E-state index is 12.9. The van der Waals surface area contributed by atoms with Crippen LogP contribution in [0.1, 0.15) is 56.6 Å². The number of hydrogen-bond donors (Lipinski definition) is 2. The summed E-state index contributed by atoms with van der Waals surface area (Å²) in [6.07, 6.45) is 2.03. The average molecular weight is 419 g/mol. The molecular formula is C21H34N6O3. The predicted molar refractivity (Wildman–Crippen MR) is 112 cm³/mol. The number of ether oxygens (including phenoxy) is 2. The van der Waals surface area contributed by atoms with Crippen LogP contribution in [0, 0.1) is 0 Å². The summed E-state index contributed by atoms with van der Waals surface area (Å²) in [4.78, 5) is 26.5. The maximum Gasteiger partial charge on any atom is 0.410 e. The first-order valence-electron chi connectivity index (χ1n) is 11.0. The molecule has 0 radical (unpaired) electrons. The number of aromatic nitrogens is 2. The minimum atomic E-state index is -0.538. The molecule has 0 spiro atoms. The molecule has 2 N–H and O–H groups in total. The fourth-order valence-electron chi connectivity index (χ4n) is 4.36. The minimum absolute atomic E-state index is 0.207. The van der Waals surface area contributed by atoms with E-state index in [0.717, 1.165) is 36.5 Å². The van der Waals surface area contributed by atoms with Crippen molar-refractivity contribution in [3.63, 3.8) is 0 Å². The molecule has 0 aromatic carbocycles. The zero-order chi connectivity index (χ0) is 21.3. The molecule has 0 bridgehead atoms. The highest BCUT2D eigenvalue weighted by Crippen LogP contribution is 2.30. The van der Waals surface area contributed by atoms with Gasteiger partial charge >= 0.3 is 12.1 Å². The van der Waals surface area contributed by atoms with Gasteiger partial charge in [-0.1, -0.05) is 0 Å². The van der Waals surface area contributed by atoms with Crippen molar-refractivity contribution in [2.24, 2.45) is 0 Å². The van der Waals surface area contributed by atoms with Gasteiger partial charge in [0.25, 0.3) is 0 Å². The molecule has 0 saturated carbocycles. The van der Waals surface area contributed by atoms with Gasteiger partial charge in [0, 0.05) is 44.3 Å². The summed E-state index contributed by atoms with van der Waals surface area (Å²) in [5, 5.41) is 6.76. The van der Waals surface area contributed by atoms with E-state index in [1.807, 2.05) is 20.8 Å². The summed E-state index contributed by atoms with van der Waals surface area (Å²) >= 11 is 0. The Morgan fingerprint density at radius 2 is 2.03 bits per heavy atom. The molecule has 4 rings (SSSR count). The quantitative estimate of drug-likeness (QED) is 0.759. The Morgan fingerprint density at radius 3 is 2.77 bits per heavy atom. The van der Waals surface area contributed by atoms with Gasteiger partial charge in [0.1, 0.15) is 12.2 Å². The van der Waals surface area contributed by atoms with E-state index in [9.17, 15) is 4.79 Å². The van der Waals surface area contributed by atoms with Crippen LogP contribution in [0.15, 0.2) is 0 Å². The molecule has 0 aliphatic carbocycles. The van der Waals surface area contributed by atoms with Crippen molar-refractivity contribution in [2.75, 3.05) is 39.8 Å². The van der Waals surface area contributed by atoms with Crippen molar-refractivity contribution in [1.82, 2.24) is 30.4 Å². The molecular weight excluding hydrogens is 384 g/mol. The van der Waals surface area contributed by atoms with E-state index in [1.165, 1.54) is 6.42 Å². The van der Waals surface area contributed by atoms with Gasteiger partial charge in [-0.25, -0.2) is 4.79 Å². The van der Waals surface area contributed by atoms with Gasteiger partial charge in [-0.3, -0.25) is 4.90 Å². The predicted octanol–water partition coefficient (Wildman–Crippen LogP) is 1.43. The Balaban J connectivity index is 1.58. The normalized spacial score (nSPS) is 24.7. The van der Waals surface area contributed by atoms with Crippen molar-refractivity contribution >= 4 is 6.09 Å². The Hall–Kier alpha value is -1.97. The number of likely N-dealkylation sites (tertiary alicyclic amines) is 1. The summed E-state index contributed by atoms with van der Waals surface area (Å²) in [5.41, 5.74) is 2.36. The van der Waals surface area contributed by atoms with Gasteiger partial charge in [-0.2, -0.15) is 9.97 Å². The highest BCUT2D eigenvalue weighted by molar-refractivity contribution is 5.69. The van der Waals surface area contributed by atoms with Crippen molar-refractivity contribution in [1.29, 1.82) is 0 Å². The van der Waals surface area contributed by atoms with E-state index in [4.69, 9.17) is 14.5 Å². The van der Waals surface area contributed by atoms with E-state index < -0.39 is 5.60 Å². The molecule has 1 amide bonds. The number of nitrogens with zero attached hydrogens (tertiary/aromatic N) is 4. The molecule has 1 aromatic heterocycles. The van der Waals surface area contributed by atoms with Gasteiger partial charge in [-0.15, -0.1) is 0 Å². The molecule has 2 saturated heterocycles. The standard InChI is InChI=1S/C21H34N6O3/c1-21(2,3)30-20(28)27-9-7-22-12-17(27)18-15-10-23-11-16(15)24-19(25-18)29-13-14-6-5-8-26(14)4/h14,17,22-23H,5-13H2,1-4H3/t14-,17?/m0/s1. The van der Waals surface area contributed by atoms with Crippen molar-refractivity contribution < 1.29 is 14.3 Å². The molecule has 1 aromatic rings. The first-order valence-corrected chi connectivity index (χ1v) is 11.0.